The zero-order valence-corrected chi connectivity index (χ0v) is 10.9. The number of carbonyl (C=O) groups is 1. The quantitative estimate of drug-likeness (QED) is 0.824. The van der Waals surface area contributed by atoms with E-state index in [1.54, 1.807) is 24.2 Å². The molecule has 1 heterocycles. The Labute approximate surface area is 107 Å². The van der Waals surface area contributed by atoms with Gasteiger partial charge in [-0.25, -0.2) is 0 Å². The number of aromatic nitrogens is 2. The minimum Gasteiger partial charge on any atom is -0.383 e. The lowest BCUT2D eigenvalue weighted by Gasteiger charge is -2.11. The molecule has 6 nitrogen and oxygen atoms in total. The number of methoxy groups -OCH3 is 1. The summed E-state index contributed by atoms with van der Waals surface area (Å²) >= 11 is 0. The van der Waals surface area contributed by atoms with E-state index in [0.29, 0.717) is 18.8 Å². The molecule has 1 N–H and O–H groups in total. The first kappa shape index (κ1) is 14.2. The molecule has 0 aliphatic carbocycles. The Morgan fingerprint density at radius 3 is 2.94 bits per heavy atom. The van der Waals surface area contributed by atoms with E-state index >= 15 is 0 Å². The van der Waals surface area contributed by atoms with Gasteiger partial charge in [-0.1, -0.05) is 13.8 Å². The van der Waals surface area contributed by atoms with Gasteiger partial charge in [-0.15, -0.1) is 0 Å². The first-order valence-electron chi connectivity index (χ1n) is 5.80. The largest absolute Gasteiger partial charge is 0.383 e. The maximum Gasteiger partial charge on any atom is 0.242 e. The molecular weight excluding hydrogens is 232 g/mol. The van der Waals surface area contributed by atoms with Crippen molar-refractivity contribution < 1.29 is 9.53 Å². The van der Waals surface area contributed by atoms with Gasteiger partial charge in [0.1, 0.15) is 5.92 Å². The fraction of sp³-hybridized carbons (Fsp3) is 0.583. The van der Waals surface area contributed by atoms with Gasteiger partial charge in [0.25, 0.3) is 0 Å². The summed E-state index contributed by atoms with van der Waals surface area (Å²) < 4.78 is 6.61. The van der Waals surface area contributed by atoms with Crippen LogP contribution in [0.1, 0.15) is 13.8 Å². The number of nitriles is 1. The lowest BCUT2D eigenvalue weighted by molar-refractivity contribution is -0.119. The van der Waals surface area contributed by atoms with E-state index in [9.17, 15) is 4.79 Å². The van der Waals surface area contributed by atoms with Crippen LogP contribution >= 0.6 is 0 Å². The number of rotatable bonds is 6. The number of hydrogen-bond donors (Lipinski definition) is 1. The van der Waals surface area contributed by atoms with Crippen molar-refractivity contribution in [2.75, 3.05) is 19.0 Å². The van der Waals surface area contributed by atoms with Crippen molar-refractivity contribution in [3.05, 3.63) is 12.4 Å². The van der Waals surface area contributed by atoms with Crippen LogP contribution in [0, 0.1) is 23.2 Å². The highest BCUT2D eigenvalue weighted by Gasteiger charge is 2.21. The van der Waals surface area contributed by atoms with Crippen LogP contribution in [0.25, 0.3) is 0 Å². The summed E-state index contributed by atoms with van der Waals surface area (Å²) in [6.45, 7) is 4.87. The van der Waals surface area contributed by atoms with Crippen molar-refractivity contribution in [1.29, 1.82) is 5.26 Å². The summed E-state index contributed by atoms with van der Waals surface area (Å²) in [5.41, 5.74) is 0.594. The third-order valence-electron chi connectivity index (χ3n) is 2.51. The standard InChI is InChI=1S/C12H18N4O2/c1-9(2)11(6-13)12(17)15-10-7-14-16(8-10)4-5-18-3/h7-9,11H,4-5H2,1-3H3,(H,15,17). The lowest BCUT2D eigenvalue weighted by atomic mass is 9.97. The summed E-state index contributed by atoms with van der Waals surface area (Å²) in [6.07, 6.45) is 3.27. The first-order chi connectivity index (χ1) is 8.58. The van der Waals surface area contributed by atoms with Gasteiger partial charge in [-0.05, 0) is 5.92 Å². The van der Waals surface area contributed by atoms with Gasteiger partial charge < -0.3 is 10.1 Å². The molecule has 0 radical (unpaired) electrons. The van der Waals surface area contributed by atoms with Gasteiger partial charge in [0, 0.05) is 13.3 Å². The molecule has 1 aromatic rings. The van der Waals surface area contributed by atoms with Crippen LogP contribution in [0.2, 0.25) is 0 Å². The summed E-state index contributed by atoms with van der Waals surface area (Å²) in [5.74, 6) is -0.954. The number of hydrogen-bond acceptors (Lipinski definition) is 4. The highest BCUT2D eigenvalue weighted by Crippen LogP contribution is 2.13. The van der Waals surface area contributed by atoms with Crippen molar-refractivity contribution in [3.63, 3.8) is 0 Å². The lowest BCUT2D eigenvalue weighted by Crippen LogP contribution is -2.25. The third-order valence-corrected chi connectivity index (χ3v) is 2.51. The SMILES string of the molecule is COCCn1cc(NC(=O)C(C#N)C(C)C)cn1. The number of nitrogens with zero attached hydrogens (tertiary/aromatic N) is 3. The molecule has 6 heteroatoms. The average Bonchev–Trinajstić information content (AvgIpc) is 2.74. The molecule has 0 spiro atoms. The predicted molar refractivity (Wildman–Crippen MR) is 66.7 cm³/mol. The molecule has 18 heavy (non-hydrogen) atoms. The minimum atomic E-state index is -0.646. The number of nitrogens with one attached hydrogen (secondary N) is 1. The Balaban J connectivity index is 2.59. The highest BCUT2D eigenvalue weighted by atomic mass is 16.5. The first-order valence-corrected chi connectivity index (χ1v) is 5.80. The Morgan fingerprint density at radius 2 is 2.39 bits per heavy atom. The van der Waals surface area contributed by atoms with Crippen molar-refractivity contribution in [1.82, 2.24) is 9.78 Å². The molecule has 0 saturated heterocycles. The fourth-order valence-electron chi connectivity index (χ4n) is 1.47. The summed E-state index contributed by atoms with van der Waals surface area (Å²) in [5, 5.41) is 15.7. The Bertz CT molecular complexity index is 434. The van der Waals surface area contributed by atoms with Gasteiger partial charge in [0.2, 0.25) is 5.91 Å². The van der Waals surface area contributed by atoms with Gasteiger partial charge in [-0.2, -0.15) is 10.4 Å². The number of carbonyl (C=O) groups excluding carboxylic acids is 1. The monoisotopic (exact) mass is 250 g/mol. The third kappa shape index (κ3) is 3.86. The van der Waals surface area contributed by atoms with Crippen LogP contribution in [0.5, 0.6) is 0 Å². The summed E-state index contributed by atoms with van der Waals surface area (Å²) in [6, 6.07) is 2.00. The second-order valence-corrected chi connectivity index (χ2v) is 4.32. The summed E-state index contributed by atoms with van der Waals surface area (Å²) in [4.78, 5) is 11.8. The molecule has 0 aromatic carbocycles. The number of amides is 1. The molecule has 1 aromatic heterocycles. The van der Waals surface area contributed by atoms with Crippen molar-refractivity contribution in [2.24, 2.45) is 11.8 Å². The molecule has 1 rings (SSSR count). The Morgan fingerprint density at radius 1 is 1.67 bits per heavy atom. The molecule has 1 atom stereocenters. The molecule has 1 amide bonds. The van der Waals surface area contributed by atoms with E-state index < -0.39 is 5.92 Å². The van der Waals surface area contributed by atoms with Crippen molar-refractivity contribution in [2.45, 2.75) is 20.4 Å². The molecule has 1 unspecified atom stereocenters. The molecule has 0 fully saturated rings. The molecule has 0 aliphatic heterocycles. The van der Waals surface area contributed by atoms with E-state index in [0.717, 1.165) is 0 Å². The Kier molecular flexibility index (Phi) is 5.33. The van der Waals surface area contributed by atoms with E-state index in [1.807, 2.05) is 19.9 Å². The normalized spacial score (nSPS) is 12.2. The highest BCUT2D eigenvalue weighted by molar-refractivity contribution is 5.94. The zero-order chi connectivity index (χ0) is 13.5. The van der Waals surface area contributed by atoms with E-state index in [2.05, 4.69) is 10.4 Å². The summed E-state index contributed by atoms with van der Waals surface area (Å²) in [7, 11) is 1.62. The van der Waals surface area contributed by atoms with Crippen molar-refractivity contribution >= 4 is 11.6 Å². The topological polar surface area (TPSA) is 79.9 Å². The maximum absolute atomic E-state index is 11.8. The predicted octanol–water partition coefficient (Wildman–Crippen LogP) is 1.26. The van der Waals surface area contributed by atoms with E-state index in [-0.39, 0.29) is 11.8 Å². The smallest absolute Gasteiger partial charge is 0.242 e. The fourth-order valence-corrected chi connectivity index (χ4v) is 1.47. The van der Waals surface area contributed by atoms with E-state index in [1.165, 1.54) is 0 Å². The van der Waals surface area contributed by atoms with Gasteiger partial charge in [-0.3, -0.25) is 9.48 Å². The number of ether oxygens (including phenoxy) is 1. The van der Waals surface area contributed by atoms with Gasteiger partial charge >= 0.3 is 0 Å². The minimum absolute atomic E-state index is 0.0152. The Hall–Kier alpha value is -1.87. The van der Waals surface area contributed by atoms with Gasteiger partial charge in [0.15, 0.2) is 0 Å². The van der Waals surface area contributed by atoms with Crippen LogP contribution in [0.3, 0.4) is 0 Å². The van der Waals surface area contributed by atoms with Crippen LogP contribution in [0.4, 0.5) is 5.69 Å². The second-order valence-electron chi connectivity index (χ2n) is 4.32. The van der Waals surface area contributed by atoms with Crippen LogP contribution in [-0.2, 0) is 16.1 Å². The van der Waals surface area contributed by atoms with Gasteiger partial charge in [0.05, 0.1) is 31.1 Å². The van der Waals surface area contributed by atoms with E-state index in [4.69, 9.17) is 10.00 Å². The van der Waals surface area contributed by atoms with Crippen LogP contribution < -0.4 is 5.32 Å². The molecular formula is C12H18N4O2. The molecule has 0 bridgehead atoms. The molecule has 98 valence electrons. The molecule has 0 aliphatic rings. The number of anilines is 1. The van der Waals surface area contributed by atoms with Crippen LogP contribution in [-0.4, -0.2) is 29.4 Å². The second kappa shape index (κ2) is 6.77. The molecule has 0 saturated carbocycles. The van der Waals surface area contributed by atoms with Crippen molar-refractivity contribution in [3.8, 4) is 6.07 Å². The average molecular weight is 250 g/mol. The maximum atomic E-state index is 11.8. The zero-order valence-electron chi connectivity index (χ0n) is 10.9. The van der Waals surface area contributed by atoms with Crippen LogP contribution in [0.15, 0.2) is 12.4 Å².